The number of benzene rings is 1. The van der Waals surface area contributed by atoms with Gasteiger partial charge >= 0.3 is 0 Å². The van der Waals surface area contributed by atoms with Gasteiger partial charge in [0.15, 0.2) is 0 Å². The van der Waals surface area contributed by atoms with E-state index < -0.39 is 5.91 Å². The largest absolute Gasteiger partial charge is 0.494 e. The zero-order valence-electron chi connectivity index (χ0n) is 10.6. The van der Waals surface area contributed by atoms with Crippen LogP contribution < -0.4 is 10.1 Å². The molecular weight excluding hydrogens is 278 g/mol. The van der Waals surface area contributed by atoms with E-state index in [0.717, 1.165) is 0 Å². The number of pyridine rings is 1. The maximum atomic E-state index is 12.2. The number of aromatic nitrogens is 1. The average Bonchev–Trinajstić information content (AvgIpc) is 2.47. The molecule has 1 aromatic heterocycles. The Labute approximate surface area is 120 Å². The molecule has 0 spiro atoms. The van der Waals surface area contributed by atoms with Gasteiger partial charge in [-0.25, -0.2) is 0 Å². The summed E-state index contributed by atoms with van der Waals surface area (Å²) in [4.78, 5) is 16.1. The Hall–Kier alpha value is -2.58. The van der Waals surface area contributed by atoms with Crippen LogP contribution in [-0.4, -0.2) is 18.0 Å². The number of nitrogens with zero attached hydrogens (tertiary/aromatic N) is 2. The van der Waals surface area contributed by atoms with E-state index in [-0.39, 0.29) is 0 Å². The van der Waals surface area contributed by atoms with Crippen molar-refractivity contribution in [1.29, 1.82) is 5.26 Å². The summed E-state index contributed by atoms with van der Waals surface area (Å²) in [7, 11) is 1.45. The van der Waals surface area contributed by atoms with Gasteiger partial charge in [0.05, 0.1) is 30.1 Å². The van der Waals surface area contributed by atoms with Crippen molar-refractivity contribution in [2.75, 3.05) is 12.4 Å². The van der Waals surface area contributed by atoms with E-state index in [2.05, 4.69) is 10.3 Å². The fourth-order valence-corrected chi connectivity index (χ4v) is 1.81. The minimum Gasteiger partial charge on any atom is -0.494 e. The van der Waals surface area contributed by atoms with Crippen LogP contribution in [0.15, 0.2) is 36.7 Å². The molecule has 0 saturated heterocycles. The molecule has 100 valence electrons. The van der Waals surface area contributed by atoms with Crippen molar-refractivity contribution in [2.45, 2.75) is 0 Å². The second-order valence-electron chi connectivity index (χ2n) is 3.83. The predicted octanol–water partition coefficient (Wildman–Crippen LogP) is 2.87. The van der Waals surface area contributed by atoms with Crippen LogP contribution in [0.3, 0.4) is 0 Å². The molecular formula is C14H10ClN3O2. The highest BCUT2D eigenvalue weighted by atomic mass is 35.5. The maximum Gasteiger partial charge on any atom is 0.259 e. The molecule has 1 heterocycles. The highest BCUT2D eigenvalue weighted by Gasteiger charge is 2.14. The summed E-state index contributed by atoms with van der Waals surface area (Å²) in [6.45, 7) is 0. The van der Waals surface area contributed by atoms with Gasteiger partial charge in [-0.3, -0.25) is 9.78 Å². The van der Waals surface area contributed by atoms with Gasteiger partial charge in [0.2, 0.25) is 0 Å². The molecule has 1 amide bonds. The number of amides is 1. The van der Waals surface area contributed by atoms with Gasteiger partial charge in [0, 0.05) is 11.2 Å². The third-order valence-electron chi connectivity index (χ3n) is 2.60. The number of methoxy groups -OCH3 is 1. The number of anilines is 1. The third-order valence-corrected chi connectivity index (χ3v) is 2.83. The first kappa shape index (κ1) is 13.8. The molecule has 0 atom stereocenters. The molecule has 2 rings (SSSR count). The zero-order valence-corrected chi connectivity index (χ0v) is 11.3. The molecule has 1 aromatic carbocycles. The van der Waals surface area contributed by atoms with Crippen LogP contribution in [0, 0.1) is 11.3 Å². The second kappa shape index (κ2) is 6.04. The van der Waals surface area contributed by atoms with Crippen molar-refractivity contribution in [2.24, 2.45) is 0 Å². The van der Waals surface area contributed by atoms with Gasteiger partial charge in [0.1, 0.15) is 11.8 Å². The van der Waals surface area contributed by atoms with Gasteiger partial charge in [-0.15, -0.1) is 0 Å². The minimum absolute atomic E-state index is 0.325. The highest BCUT2D eigenvalue weighted by molar-refractivity contribution is 6.31. The molecule has 20 heavy (non-hydrogen) atoms. The Kier molecular flexibility index (Phi) is 4.18. The number of nitrogens with one attached hydrogen (secondary N) is 1. The molecule has 5 nitrogen and oxygen atoms in total. The van der Waals surface area contributed by atoms with Crippen LogP contribution in [0.25, 0.3) is 0 Å². The number of nitriles is 1. The highest BCUT2D eigenvalue weighted by Crippen LogP contribution is 2.23. The van der Waals surface area contributed by atoms with E-state index >= 15 is 0 Å². The van der Waals surface area contributed by atoms with E-state index in [1.165, 1.54) is 31.6 Å². The second-order valence-corrected chi connectivity index (χ2v) is 4.27. The van der Waals surface area contributed by atoms with E-state index in [4.69, 9.17) is 21.6 Å². The van der Waals surface area contributed by atoms with E-state index in [9.17, 15) is 4.79 Å². The van der Waals surface area contributed by atoms with Crippen molar-refractivity contribution in [3.05, 3.63) is 52.8 Å². The standard InChI is InChI=1S/C14H10ClN3O2/c1-20-13-8-17-5-4-11(13)14(19)18-12-6-10(15)3-2-9(12)7-16/h2-6,8H,1H3,(H,18,19). The van der Waals surface area contributed by atoms with Crippen LogP contribution >= 0.6 is 11.6 Å². The first-order valence-corrected chi connectivity index (χ1v) is 6.02. The Morgan fingerprint density at radius 1 is 1.45 bits per heavy atom. The van der Waals surface area contributed by atoms with Gasteiger partial charge in [-0.1, -0.05) is 11.6 Å². The van der Waals surface area contributed by atoms with Crippen molar-refractivity contribution in [1.82, 2.24) is 4.98 Å². The quantitative estimate of drug-likeness (QED) is 0.942. The number of carbonyl (C=O) groups is 1. The summed E-state index contributed by atoms with van der Waals surface area (Å²) in [5.74, 6) is -0.0476. The summed E-state index contributed by atoms with van der Waals surface area (Å²) in [6, 6.07) is 8.17. The molecule has 0 radical (unpaired) electrons. The average molecular weight is 288 g/mol. The van der Waals surface area contributed by atoms with E-state index in [1.54, 1.807) is 12.1 Å². The Morgan fingerprint density at radius 3 is 2.95 bits per heavy atom. The predicted molar refractivity (Wildman–Crippen MR) is 74.9 cm³/mol. The summed E-state index contributed by atoms with van der Waals surface area (Å²) in [5, 5.41) is 12.1. The molecule has 0 aliphatic carbocycles. The van der Waals surface area contributed by atoms with Gasteiger partial charge < -0.3 is 10.1 Å². The van der Waals surface area contributed by atoms with E-state index in [1.807, 2.05) is 6.07 Å². The first-order valence-electron chi connectivity index (χ1n) is 5.64. The zero-order chi connectivity index (χ0) is 14.5. The third kappa shape index (κ3) is 2.87. The van der Waals surface area contributed by atoms with Crippen molar-refractivity contribution >= 4 is 23.2 Å². The van der Waals surface area contributed by atoms with Crippen LogP contribution in [0.1, 0.15) is 15.9 Å². The number of hydrogen-bond donors (Lipinski definition) is 1. The van der Waals surface area contributed by atoms with Gasteiger partial charge in [0.25, 0.3) is 5.91 Å². The summed E-state index contributed by atoms with van der Waals surface area (Å²) in [5.41, 5.74) is 1.01. The van der Waals surface area contributed by atoms with Gasteiger partial charge in [-0.05, 0) is 24.3 Å². The smallest absolute Gasteiger partial charge is 0.259 e. The fourth-order valence-electron chi connectivity index (χ4n) is 1.64. The number of hydrogen-bond acceptors (Lipinski definition) is 4. The monoisotopic (exact) mass is 287 g/mol. The normalized spacial score (nSPS) is 9.65. The van der Waals surface area contributed by atoms with Gasteiger partial charge in [-0.2, -0.15) is 5.26 Å². The van der Waals surface area contributed by atoms with Crippen molar-refractivity contribution in [3.8, 4) is 11.8 Å². The SMILES string of the molecule is COc1cnccc1C(=O)Nc1cc(Cl)ccc1C#N. The number of rotatable bonds is 3. The van der Waals surface area contributed by atoms with Crippen LogP contribution in [0.2, 0.25) is 5.02 Å². The lowest BCUT2D eigenvalue weighted by Gasteiger charge is -2.10. The lowest BCUT2D eigenvalue weighted by atomic mass is 10.1. The number of ether oxygens (including phenoxy) is 1. The lowest BCUT2D eigenvalue weighted by Crippen LogP contribution is -2.14. The van der Waals surface area contributed by atoms with Crippen molar-refractivity contribution in [3.63, 3.8) is 0 Å². The van der Waals surface area contributed by atoms with Crippen LogP contribution in [0.5, 0.6) is 5.75 Å². The molecule has 0 unspecified atom stereocenters. The number of halogens is 1. The summed E-state index contributed by atoms with van der Waals surface area (Å²) < 4.78 is 5.07. The molecule has 1 N–H and O–H groups in total. The topological polar surface area (TPSA) is 75.0 Å². The summed E-state index contributed by atoms with van der Waals surface area (Å²) in [6.07, 6.45) is 2.93. The molecule has 0 saturated carbocycles. The van der Waals surface area contributed by atoms with Crippen molar-refractivity contribution < 1.29 is 9.53 Å². The summed E-state index contributed by atoms with van der Waals surface area (Å²) >= 11 is 5.87. The maximum absolute atomic E-state index is 12.2. The molecule has 2 aromatic rings. The molecule has 0 aliphatic heterocycles. The minimum atomic E-state index is -0.400. The van der Waals surface area contributed by atoms with Crippen LogP contribution in [-0.2, 0) is 0 Å². The molecule has 0 aliphatic rings. The lowest BCUT2D eigenvalue weighted by molar-refractivity contribution is 0.102. The Morgan fingerprint density at radius 2 is 2.25 bits per heavy atom. The molecule has 6 heteroatoms. The van der Waals surface area contributed by atoms with E-state index in [0.29, 0.717) is 27.6 Å². The fraction of sp³-hybridized carbons (Fsp3) is 0.0714. The molecule has 0 fully saturated rings. The number of carbonyl (C=O) groups excluding carboxylic acids is 1. The van der Waals surface area contributed by atoms with Crippen LogP contribution in [0.4, 0.5) is 5.69 Å². The Balaban J connectivity index is 2.33. The first-order chi connectivity index (χ1) is 9.65. The Bertz CT molecular complexity index is 695. The molecule has 0 bridgehead atoms.